The Morgan fingerprint density at radius 1 is 1.53 bits per heavy atom. The second-order valence-corrected chi connectivity index (χ2v) is 3.76. The van der Waals surface area contributed by atoms with Crippen LogP contribution in [0.5, 0.6) is 0 Å². The molecule has 3 N–H and O–H groups in total. The maximum absolute atomic E-state index is 9.15. The predicted molar refractivity (Wildman–Crippen MR) is 58.8 cm³/mol. The summed E-state index contributed by atoms with van der Waals surface area (Å²) in [7, 11) is 0. The van der Waals surface area contributed by atoms with Crippen LogP contribution in [0.25, 0.3) is 0 Å². The summed E-state index contributed by atoms with van der Waals surface area (Å²) in [5.41, 5.74) is 0. The molecule has 1 saturated carbocycles. The average Bonchev–Trinajstić information content (AvgIpc) is 2.17. The van der Waals surface area contributed by atoms with Crippen LogP contribution in [0.1, 0.15) is 19.8 Å². The largest absolute Gasteiger partial charge is 0.393 e. The zero-order valence-electron chi connectivity index (χ0n) is 8.77. The van der Waals surface area contributed by atoms with Crippen LogP contribution in [0, 0.1) is 0 Å². The molecule has 1 aromatic heterocycles. The summed E-state index contributed by atoms with van der Waals surface area (Å²) < 4.78 is 0. The summed E-state index contributed by atoms with van der Waals surface area (Å²) in [6.07, 6.45) is 3.20. The predicted octanol–water partition coefficient (Wildman–Crippen LogP) is 0.844. The van der Waals surface area contributed by atoms with Gasteiger partial charge in [-0.05, 0) is 25.8 Å². The Balaban J connectivity index is 1.93. The first-order valence-corrected chi connectivity index (χ1v) is 5.29. The van der Waals surface area contributed by atoms with Crippen molar-refractivity contribution < 1.29 is 5.11 Å². The van der Waals surface area contributed by atoms with E-state index < -0.39 is 0 Å². The van der Waals surface area contributed by atoms with E-state index in [2.05, 4.69) is 20.6 Å². The number of hydrogen-bond donors (Lipinski definition) is 3. The highest BCUT2D eigenvalue weighted by Crippen LogP contribution is 2.23. The molecule has 1 aliphatic rings. The number of rotatable bonds is 4. The molecule has 5 nitrogen and oxygen atoms in total. The van der Waals surface area contributed by atoms with Crippen molar-refractivity contribution in [2.45, 2.75) is 31.9 Å². The number of aliphatic hydroxyl groups is 1. The SMILES string of the molecule is CCNc1nccc(NC2CC(O)C2)n1. The van der Waals surface area contributed by atoms with Crippen molar-refractivity contribution in [2.24, 2.45) is 0 Å². The third-order valence-corrected chi connectivity index (χ3v) is 2.46. The first kappa shape index (κ1) is 10.2. The summed E-state index contributed by atoms with van der Waals surface area (Å²) in [4.78, 5) is 8.38. The normalized spacial score (nSPS) is 24.4. The standard InChI is InChI=1S/C10H16N4O/c1-2-11-10-12-4-3-9(14-10)13-7-5-8(15)6-7/h3-4,7-8,15H,2,5-6H2,1H3,(H2,11,12,13,14). The summed E-state index contributed by atoms with van der Waals surface area (Å²) in [6, 6.07) is 2.19. The van der Waals surface area contributed by atoms with Gasteiger partial charge in [-0.15, -0.1) is 0 Å². The lowest BCUT2D eigenvalue weighted by Gasteiger charge is -2.32. The lowest BCUT2D eigenvalue weighted by Crippen LogP contribution is -2.39. The quantitative estimate of drug-likeness (QED) is 0.684. The van der Waals surface area contributed by atoms with E-state index in [9.17, 15) is 0 Å². The maximum Gasteiger partial charge on any atom is 0.224 e. The molecule has 0 atom stereocenters. The first-order chi connectivity index (χ1) is 7.28. The third-order valence-electron chi connectivity index (χ3n) is 2.46. The molecule has 0 bridgehead atoms. The number of anilines is 2. The van der Waals surface area contributed by atoms with Crippen LogP contribution in [0.3, 0.4) is 0 Å². The van der Waals surface area contributed by atoms with Gasteiger partial charge in [-0.1, -0.05) is 0 Å². The molecule has 5 heteroatoms. The van der Waals surface area contributed by atoms with Gasteiger partial charge in [0.15, 0.2) is 0 Å². The molecule has 0 aliphatic heterocycles. The number of nitrogens with one attached hydrogen (secondary N) is 2. The molecule has 1 aromatic rings. The summed E-state index contributed by atoms with van der Waals surface area (Å²) in [5.74, 6) is 1.46. The molecule has 1 fully saturated rings. The molecule has 2 rings (SSSR count). The van der Waals surface area contributed by atoms with Gasteiger partial charge in [0, 0.05) is 18.8 Å². The molecule has 0 saturated heterocycles. The number of hydrogen-bond acceptors (Lipinski definition) is 5. The van der Waals surface area contributed by atoms with Crippen LogP contribution >= 0.6 is 0 Å². The van der Waals surface area contributed by atoms with E-state index in [1.165, 1.54) is 0 Å². The van der Waals surface area contributed by atoms with Crippen molar-refractivity contribution in [1.82, 2.24) is 9.97 Å². The van der Waals surface area contributed by atoms with Crippen molar-refractivity contribution in [3.05, 3.63) is 12.3 Å². The maximum atomic E-state index is 9.15. The molecular formula is C10H16N4O. The Morgan fingerprint density at radius 2 is 2.33 bits per heavy atom. The van der Waals surface area contributed by atoms with Crippen molar-refractivity contribution in [2.75, 3.05) is 17.2 Å². The van der Waals surface area contributed by atoms with E-state index in [0.717, 1.165) is 25.2 Å². The number of aromatic nitrogens is 2. The van der Waals surface area contributed by atoms with Gasteiger partial charge in [0.05, 0.1) is 6.10 Å². The molecule has 15 heavy (non-hydrogen) atoms. The van der Waals surface area contributed by atoms with Gasteiger partial charge >= 0.3 is 0 Å². The van der Waals surface area contributed by atoms with Gasteiger partial charge in [-0.25, -0.2) is 4.98 Å². The van der Waals surface area contributed by atoms with E-state index in [1.807, 2.05) is 13.0 Å². The van der Waals surface area contributed by atoms with Gasteiger partial charge in [0.1, 0.15) is 5.82 Å². The van der Waals surface area contributed by atoms with E-state index in [1.54, 1.807) is 6.20 Å². The Labute approximate surface area is 88.9 Å². The molecule has 82 valence electrons. The third kappa shape index (κ3) is 2.56. The molecule has 0 spiro atoms. The van der Waals surface area contributed by atoms with Crippen molar-refractivity contribution in [1.29, 1.82) is 0 Å². The van der Waals surface area contributed by atoms with Gasteiger partial charge in [0.25, 0.3) is 0 Å². The molecular weight excluding hydrogens is 192 g/mol. The van der Waals surface area contributed by atoms with Crippen LogP contribution in [0.2, 0.25) is 0 Å². The molecule has 0 radical (unpaired) electrons. The van der Waals surface area contributed by atoms with Crippen LogP contribution in [0.4, 0.5) is 11.8 Å². The minimum Gasteiger partial charge on any atom is -0.393 e. The fraction of sp³-hybridized carbons (Fsp3) is 0.600. The van der Waals surface area contributed by atoms with Crippen molar-refractivity contribution >= 4 is 11.8 Å². The highest BCUT2D eigenvalue weighted by atomic mass is 16.3. The van der Waals surface area contributed by atoms with Crippen LogP contribution in [-0.2, 0) is 0 Å². The summed E-state index contributed by atoms with van der Waals surface area (Å²) in [6.45, 7) is 2.82. The summed E-state index contributed by atoms with van der Waals surface area (Å²) in [5, 5.41) is 15.5. The van der Waals surface area contributed by atoms with Gasteiger partial charge < -0.3 is 15.7 Å². The van der Waals surface area contributed by atoms with E-state index in [4.69, 9.17) is 5.11 Å². The van der Waals surface area contributed by atoms with Gasteiger partial charge in [-0.2, -0.15) is 4.98 Å². The molecule has 1 aliphatic carbocycles. The molecule has 0 aromatic carbocycles. The lowest BCUT2D eigenvalue weighted by molar-refractivity contribution is 0.0835. The number of nitrogens with zero attached hydrogens (tertiary/aromatic N) is 2. The van der Waals surface area contributed by atoms with E-state index in [-0.39, 0.29) is 6.10 Å². The zero-order chi connectivity index (χ0) is 10.7. The average molecular weight is 208 g/mol. The topological polar surface area (TPSA) is 70.1 Å². The zero-order valence-corrected chi connectivity index (χ0v) is 8.77. The molecule has 1 heterocycles. The molecule has 0 unspecified atom stereocenters. The van der Waals surface area contributed by atoms with Gasteiger partial charge in [0.2, 0.25) is 5.95 Å². The first-order valence-electron chi connectivity index (χ1n) is 5.29. The molecule has 0 amide bonds. The minimum absolute atomic E-state index is 0.141. The number of aliphatic hydroxyl groups excluding tert-OH is 1. The van der Waals surface area contributed by atoms with Crippen molar-refractivity contribution in [3.8, 4) is 0 Å². The Bertz CT molecular complexity index is 325. The van der Waals surface area contributed by atoms with Crippen LogP contribution < -0.4 is 10.6 Å². The highest BCUT2D eigenvalue weighted by molar-refractivity contribution is 5.40. The monoisotopic (exact) mass is 208 g/mol. The smallest absolute Gasteiger partial charge is 0.224 e. The fourth-order valence-electron chi connectivity index (χ4n) is 1.60. The second-order valence-electron chi connectivity index (χ2n) is 3.76. The van der Waals surface area contributed by atoms with E-state index in [0.29, 0.717) is 12.0 Å². The van der Waals surface area contributed by atoms with Crippen molar-refractivity contribution in [3.63, 3.8) is 0 Å². The minimum atomic E-state index is -0.141. The van der Waals surface area contributed by atoms with Gasteiger partial charge in [-0.3, -0.25) is 0 Å². The van der Waals surface area contributed by atoms with E-state index >= 15 is 0 Å². The lowest BCUT2D eigenvalue weighted by atomic mass is 9.89. The highest BCUT2D eigenvalue weighted by Gasteiger charge is 2.27. The van der Waals surface area contributed by atoms with Crippen LogP contribution in [-0.4, -0.2) is 33.8 Å². The summed E-state index contributed by atoms with van der Waals surface area (Å²) >= 11 is 0. The second kappa shape index (κ2) is 4.44. The Hall–Kier alpha value is -1.36. The Kier molecular flexibility index (Phi) is 3.01. The fourth-order valence-corrected chi connectivity index (χ4v) is 1.60. The van der Waals surface area contributed by atoms with Crippen LogP contribution in [0.15, 0.2) is 12.3 Å². The Morgan fingerprint density at radius 3 is 3.00 bits per heavy atom.